The number of fused-ring (bicyclic) bond motifs is 1. The summed E-state index contributed by atoms with van der Waals surface area (Å²) in [6.45, 7) is 1.42. The van der Waals surface area contributed by atoms with Gasteiger partial charge in [-0.05, 0) is 25.1 Å². The maximum atomic E-state index is 13.7. The summed E-state index contributed by atoms with van der Waals surface area (Å²) >= 11 is 0. The van der Waals surface area contributed by atoms with Crippen LogP contribution in [0.4, 0.5) is 14.5 Å². The zero-order chi connectivity index (χ0) is 20.3. The molecule has 1 heterocycles. The smallest absolute Gasteiger partial charge is 0.375 e. The van der Waals surface area contributed by atoms with Crippen molar-refractivity contribution in [3.63, 3.8) is 0 Å². The van der Waals surface area contributed by atoms with E-state index in [0.29, 0.717) is 16.5 Å². The van der Waals surface area contributed by atoms with Crippen LogP contribution in [0, 0.1) is 11.6 Å². The van der Waals surface area contributed by atoms with Crippen LogP contribution in [0.15, 0.2) is 46.9 Å². The van der Waals surface area contributed by atoms with Gasteiger partial charge in [0.1, 0.15) is 17.2 Å². The van der Waals surface area contributed by atoms with Crippen molar-refractivity contribution >= 4 is 28.5 Å². The lowest BCUT2D eigenvalue weighted by Gasteiger charge is -2.13. The van der Waals surface area contributed by atoms with Crippen LogP contribution in [-0.2, 0) is 20.9 Å². The summed E-state index contributed by atoms with van der Waals surface area (Å²) < 4.78 is 42.7. The predicted octanol–water partition coefficient (Wildman–Crippen LogP) is 4.04. The van der Waals surface area contributed by atoms with Crippen LogP contribution < -0.4 is 5.32 Å². The number of anilines is 1. The lowest BCUT2D eigenvalue weighted by atomic mass is 10.1. The van der Waals surface area contributed by atoms with Gasteiger partial charge in [-0.2, -0.15) is 0 Å². The molecule has 1 atom stereocenters. The molecule has 2 aromatic carbocycles. The lowest BCUT2D eigenvalue weighted by molar-refractivity contribution is -0.123. The third-order valence-electron chi connectivity index (χ3n) is 4.01. The monoisotopic (exact) mass is 389 g/mol. The Labute approximate surface area is 159 Å². The molecule has 1 N–H and O–H groups in total. The van der Waals surface area contributed by atoms with E-state index in [1.165, 1.54) is 14.0 Å². The fourth-order valence-electron chi connectivity index (χ4n) is 2.65. The molecule has 0 spiro atoms. The van der Waals surface area contributed by atoms with Crippen molar-refractivity contribution in [2.45, 2.75) is 19.6 Å². The van der Waals surface area contributed by atoms with E-state index >= 15 is 0 Å². The maximum absolute atomic E-state index is 13.7. The molecule has 0 radical (unpaired) electrons. The van der Waals surface area contributed by atoms with Gasteiger partial charge in [0, 0.05) is 24.1 Å². The number of rotatable bonds is 6. The van der Waals surface area contributed by atoms with Crippen LogP contribution in [0.1, 0.15) is 23.0 Å². The first-order chi connectivity index (χ1) is 13.4. The molecule has 6 nitrogen and oxygen atoms in total. The molecule has 146 valence electrons. The van der Waals surface area contributed by atoms with Crippen LogP contribution in [0.2, 0.25) is 0 Å². The van der Waals surface area contributed by atoms with Gasteiger partial charge in [-0.25, -0.2) is 13.6 Å². The molecule has 1 amide bonds. The van der Waals surface area contributed by atoms with Crippen molar-refractivity contribution in [2.75, 3.05) is 12.4 Å². The number of halogens is 2. The second-order valence-corrected chi connectivity index (χ2v) is 6.00. The molecule has 0 saturated heterocycles. The third-order valence-corrected chi connectivity index (χ3v) is 4.01. The van der Waals surface area contributed by atoms with Crippen molar-refractivity contribution in [3.05, 3.63) is 65.4 Å². The number of hydrogen-bond donors (Lipinski definition) is 1. The summed E-state index contributed by atoms with van der Waals surface area (Å²) in [5.74, 6) is -3.30. The van der Waals surface area contributed by atoms with E-state index in [9.17, 15) is 18.4 Å². The zero-order valence-electron chi connectivity index (χ0n) is 15.1. The number of methoxy groups -OCH3 is 1. The highest BCUT2D eigenvalue weighted by molar-refractivity contribution is 5.99. The van der Waals surface area contributed by atoms with Gasteiger partial charge in [0.2, 0.25) is 5.76 Å². The molecule has 0 saturated carbocycles. The topological polar surface area (TPSA) is 77.8 Å². The Morgan fingerprint density at radius 3 is 2.68 bits per heavy atom. The Balaban J connectivity index is 1.77. The van der Waals surface area contributed by atoms with Gasteiger partial charge < -0.3 is 19.2 Å². The normalized spacial score (nSPS) is 12.0. The van der Waals surface area contributed by atoms with Gasteiger partial charge in [0.05, 0.1) is 12.3 Å². The summed E-state index contributed by atoms with van der Waals surface area (Å²) in [7, 11) is 1.47. The molecule has 28 heavy (non-hydrogen) atoms. The number of nitrogens with one attached hydrogen (secondary N) is 1. The highest BCUT2D eigenvalue weighted by Gasteiger charge is 2.26. The van der Waals surface area contributed by atoms with Gasteiger partial charge in [-0.1, -0.05) is 18.2 Å². The number of carbonyl (C=O) groups is 2. The molecule has 0 aliphatic carbocycles. The molecule has 0 aliphatic heterocycles. The van der Waals surface area contributed by atoms with Crippen molar-refractivity contribution in [1.29, 1.82) is 0 Å². The van der Waals surface area contributed by atoms with E-state index in [0.717, 1.165) is 18.2 Å². The second-order valence-electron chi connectivity index (χ2n) is 6.00. The predicted molar refractivity (Wildman–Crippen MR) is 96.8 cm³/mol. The van der Waals surface area contributed by atoms with Crippen LogP contribution >= 0.6 is 0 Å². The van der Waals surface area contributed by atoms with E-state index in [1.807, 2.05) is 0 Å². The molecule has 3 rings (SSSR count). The number of ether oxygens (including phenoxy) is 2. The average Bonchev–Trinajstić information content (AvgIpc) is 3.04. The Hall–Kier alpha value is -3.26. The van der Waals surface area contributed by atoms with Gasteiger partial charge in [0.25, 0.3) is 5.91 Å². The minimum atomic E-state index is -1.28. The van der Waals surface area contributed by atoms with Crippen LogP contribution in [0.25, 0.3) is 11.0 Å². The molecule has 0 unspecified atom stereocenters. The minimum absolute atomic E-state index is 0.0837. The summed E-state index contributed by atoms with van der Waals surface area (Å²) in [6.07, 6.45) is -1.28. The molecule has 8 heteroatoms. The number of esters is 1. The number of benzene rings is 2. The molecule has 0 bridgehead atoms. The zero-order valence-corrected chi connectivity index (χ0v) is 15.1. The Morgan fingerprint density at radius 1 is 1.18 bits per heavy atom. The van der Waals surface area contributed by atoms with Gasteiger partial charge in [-0.15, -0.1) is 0 Å². The highest BCUT2D eigenvalue weighted by atomic mass is 19.1. The fourth-order valence-corrected chi connectivity index (χ4v) is 2.65. The van der Waals surface area contributed by atoms with Crippen LogP contribution in [0.5, 0.6) is 0 Å². The number of carbonyl (C=O) groups excluding carboxylic acids is 2. The Morgan fingerprint density at radius 2 is 1.93 bits per heavy atom. The highest BCUT2D eigenvalue weighted by Crippen LogP contribution is 2.27. The number of para-hydroxylation sites is 1. The summed E-state index contributed by atoms with van der Waals surface area (Å²) in [5.41, 5.74) is 0.615. The van der Waals surface area contributed by atoms with Crippen molar-refractivity contribution in [3.8, 4) is 0 Å². The first-order valence-electron chi connectivity index (χ1n) is 8.37. The summed E-state index contributed by atoms with van der Waals surface area (Å²) in [6, 6.07) is 9.63. The third kappa shape index (κ3) is 4.01. The molecule has 0 fully saturated rings. The van der Waals surface area contributed by atoms with Crippen molar-refractivity contribution in [2.24, 2.45) is 0 Å². The van der Waals surface area contributed by atoms with Gasteiger partial charge in [0.15, 0.2) is 6.10 Å². The summed E-state index contributed by atoms with van der Waals surface area (Å²) in [5, 5.41) is 2.88. The number of hydrogen-bond acceptors (Lipinski definition) is 5. The van der Waals surface area contributed by atoms with E-state index in [2.05, 4.69) is 5.32 Å². The van der Waals surface area contributed by atoms with Gasteiger partial charge in [-0.3, -0.25) is 4.79 Å². The van der Waals surface area contributed by atoms with Crippen LogP contribution in [0.3, 0.4) is 0 Å². The maximum Gasteiger partial charge on any atom is 0.375 e. The number of amides is 1. The number of furan rings is 1. The standard InChI is InChI=1S/C20H17F2NO5/c1-11(19(24)23-16-9-12(21)7-8-15(16)22)27-20(25)18-14(10-26-2)13-5-3-4-6-17(13)28-18/h3-9,11H,10H2,1-2H3,(H,23,24)/t11-/m1/s1. The van der Waals surface area contributed by atoms with E-state index in [1.54, 1.807) is 24.3 Å². The van der Waals surface area contributed by atoms with E-state index in [4.69, 9.17) is 13.9 Å². The Kier molecular flexibility index (Phi) is 5.70. The van der Waals surface area contributed by atoms with Crippen LogP contribution in [-0.4, -0.2) is 25.1 Å². The van der Waals surface area contributed by atoms with Crippen molar-refractivity contribution in [1.82, 2.24) is 0 Å². The molecular weight excluding hydrogens is 372 g/mol. The van der Waals surface area contributed by atoms with Crippen molar-refractivity contribution < 1.29 is 32.3 Å². The molecular formula is C20H17F2NO5. The molecule has 3 aromatic rings. The quantitative estimate of drug-likeness (QED) is 0.644. The second kappa shape index (κ2) is 8.18. The fraction of sp³-hybridized carbons (Fsp3) is 0.200. The largest absolute Gasteiger partial charge is 0.449 e. The minimum Gasteiger partial charge on any atom is -0.449 e. The molecule has 1 aromatic heterocycles. The first kappa shape index (κ1) is 19.5. The Bertz CT molecular complexity index is 1030. The average molecular weight is 389 g/mol. The van der Waals surface area contributed by atoms with E-state index in [-0.39, 0.29) is 18.1 Å². The first-order valence-corrected chi connectivity index (χ1v) is 8.37. The lowest BCUT2D eigenvalue weighted by Crippen LogP contribution is -2.30. The molecule has 0 aliphatic rings. The summed E-state index contributed by atoms with van der Waals surface area (Å²) in [4.78, 5) is 24.7. The SMILES string of the molecule is COCc1c(C(=O)O[C@H](C)C(=O)Nc2cc(F)ccc2F)oc2ccccc12. The van der Waals surface area contributed by atoms with E-state index < -0.39 is 29.6 Å². The van der Waals surface area contributed by atoms with Gasteiger partial charge >= 0.3 is 5.97 Å².